The molecular weight excluding hydrogens is 206 g/mol. The summed E-state index contributed by atoms with van der Waals surface area (Å²) in [4.78, 5) is 2.53. The van der Waals surface area contributed by atoms with Gasteiger partial charge in [0.05, 0.1) is 0 Å². The Morgan fingerprint density at radius 1 is 0.824 bits per heavy atom. The van der Waals surface area contributed by atoms with Crippen LogP contribution in [0.1, 0.15) is 54.4 Å². The summed E-state index contributed by atoms with van der Waals surface area (Å²) >= 11 is 0. The van der Waals surface area contributed by atoms with E-state index in [9.17, 15) is 0 Å². The Bertz CT molecular complexity index is 262. The molecule has 1 saturated heterocycles. The molecule has 1 nitrogen and oxygen atoms in total. The minimum atomic E-state index is 0.425. The molecule has 1 saturated carbocycles. The third-order valence-electron chi connectivity index (χ3n) is 5.85. The largest absolute Gasteiger partial charge is 0.306 e. The number of nitrogens with zero attached hydrogens (tertiary/aromatic N) is 1. The van der Waals surface area contributed by atoms with Gasteiger partial charge in [-0.25, -0.2) is 0 Å². The molecule has 1 aliphatic carbocycles. The lowest BCUT2D eigenvalue weighted by atomic mass is 9.52. The van der Waals surface area contributed by atoms with Gasteiger partial charge in [-0.05, 0) is 48.0 Å². The Morgan fingerprint density at radius 3 is 1.47 bits per heavy atom. The van der Waals surface area contributed by atoms with Crippen molar-refractivity contribution in [1.29, 1.82) is 0 Å². The number of rotatable bonds is 0. The zero-order chi connectivity index (χ0) is 13.1. The molecule has 0 spiro atoms. The number of hydrogen-bond acceptors (Lipinski definition) is 1. The number of hydrogen-bond donors (Lipinski definition) is 0. The topological polar surface area (TPSA) is 3.24 Å². The lowest BCUT2D eigenvalue weighted by molar-refractivity contribution is -0.0349. The van der Waals surface area contributed by atoms with Gasteiger partial charge in [-0.3, -0.25) is 0 Å². The quantitative estimate of drug-likeness (QED) is 0.614. The Hall–Kier alpha value is -0.0400. The highest BCUT2D eigenvalue weighted by molar-refractivity contribution is 5.08. The van der Waals surface area contributed by atoms with Crippen molar-refractivity contribution in [2.75, 3.05) is 20.1 Å². The van der Waals surface area contributed by atoms with Crippen LogP contribution in [0.4, 0.5) is 0 Å². The van der Waals surface area contributed by atoms with Crippen LogP contribution in [0.25, 0.3) is 0 Å². The monoisotopic (exact) mass is 237 g/mol. The molecule has 1 heteroatoms. The fourth-order valence-electron chi connectivity index (χ4n) is 4.96. The van der Waals surface area contributed by atoms with Crippen molar-refractivity contribution in [2.45, 2.75) is 54.4 Å². The summed E-state index contributed by atoms with van der Waals surface area (Å²) in [6.07, 6.45) is 2.88. The Labute approximate surface area is 108 Å². The predicted octanol–water partition coefficient (Wildman–Crippen LogP) is 4.04. The number of likely N-dealkylation sites (tertiary alicyclic amines) is 1. The summed E-state index contributed by atoms with van der Waals surface area (Å²) in [5.74, 6) is 1.91. The lowest BCUT2D eigenvalue weighted by Gasteiger charge is -2.52. The fraction of sp³-hybridized carbons (Fsp3) is 1.00. The van der Waals surface area contributed by atoms with Gasteiger partial charge < -0.3 is 4.90 Å². The first kappa shape index (κ1) is 13.4. The van der Waals surface area contributed by atoms with Gasteiger partial charge >= 0.3 is 0 Å². The summed E-state index contributed by atoms with van der Waals surface area (Å²) in [7, 11) is 2.29. The minimum absolute atomic E-state index is 0.425. The highest BCUT2D eigenvalue weighted by Crippen LogP contribution is 2.64. The standard InChI is InChI=1S/C16H31N/c1-14(2,3)16(15(4,5)6)8-12-10-17(7)11-13(12)9-16/h12-13H,8-11H2,1-7H3. The van der Waals surface area contributed by atoms with Crippen molar-refractivity contribution in [3.05, 3.63) is 0 Å². The maximum atomic E-state index is 2.53. The summed E-state index contributed by atoms with van der Waals surface area (Å²) in [6.45, 7) is 17.4. The van der Waals surface area contributed by atoms with E-state index in [2.05, 4.69) is 53.5 Å². The molecule has 0 N–H and O–H groups in total. The second-order valence-corrected chi connectivity index (χ2v) is 8.73. The molecule has 0 radical (unpaired) electrons. The zero-order valence-electron chi connectivity index (χ0n) is 12.9. The third kappa shape index (κ3) is 1.95. The molecule has 0 aromatic rings. The second kappa shape index (κ2) is 3.73. The first-order valence-corrected chi connectivity index (χ1v) is 7.25. The maximum Gasteiger partial charge on any atom is 0.00101 e. The Morgan fingerprint density at radius 2 is 1.18 bits per heavy atom. The Kier molecular flexibility index (Phi) is 2.94. The van der Waals surface area contributed by atoms with Crippen LogP contribution in [-0.4, -0.2) is 25.0 Å². The van der Waals surface area contributed by atoms with Crippen LogP contribution < -0.4 is 0 Å². The average Bonchev–Trinajstić information content (AvgIpc) is 2.54. The Balaban J connectivity index is 2.29. The molecule has 2 fully saturated rings. The van der Waals surface area contributed by atoms with Gasteiger partial charge in [0.2, 0.25) is 0 Å². The third-order valence-corrected chi connectivity index (χ3v) is 5.85. The van der Waals surface area contributed by atoms with E-state index in [0.29, 0.717) is 16.2 Å². The minimum Gasteiger partial charge on any atom is -0.306 e. The second-order valence-electron chi connectivity index (χ2n) is 8.73. The highest BCUT2D eigenvalue weighted by Gasteiger charge is 2.58. The molecule has 0 bridgehead atoms. The van der Waals surface area contributed by atoms with Crippen LogP contribution in [0.5, 0.6) is 0 Å². The van der Waals surface area contributed by atoms with Crippen molar-refractivity contribution in [3.63, 3.8) is 0 Å². The van der Waals surface area contributed by atoms with E-state index in [0.717, 1.165) is 11.8 Å². The molecule has 2 rings (SSSR count). The molecule has 0 aromatic carbocycles. The van der Waals surface area contributed by atoms with Gasteiger partial charge in [-0.15, -0.1) is 0 Å². The molecule has 2 unspecified atom stereocenters. The molecular formula is C16H31N. The average molecular weight is 237 g/mol. The van der Waals surface area contributed by atoms with E-state index in [4.69, 9.17) is 0 Å². The molecule has 2 atom stereocenters. The normalized spacial score (nSPS) is 34.1. The van der Waals surface area contributed by atoms with E-state index in [1.54, 1.807) is 0 Å². The molecule has 0 amide bonds. The predicted molar refractivity (Wildman–Crippen MR) is 75.1 cm³/mol. The smallest absolute Gasteiger partial charge is 0.00101 e. The van der Waals surface area contributed by atoms with Gasteiger partial charge in [0.15, 0.2) is 0 Å². The van der Waals surface area contributed by atoms with E-state index in [-0.39, 0.29) is 0 Å². The summed E-state index contributed by atoms with van der Waals surface area (Å²) in [6, 6.07) is 0. The van der Waals surface area contributed by atoms with E-state index in [1.165, 1.54) is 25.9 Å². The molecule has 1 heterocycles. The van der Waals surface area contributed by atoms with Gasteiger partial charge in [0.1, 0.15) is 0 Å². The molecule has 100 valence electrons. The van der Waals surface area contributed by atoms with Crippen LogP contribution in [0.3, 0.4) is 0 Å². The van der Waals surface area contributed by atoms with E-state index < -0.39 is 0 Å². The van der Waals surface area contributed by atoms with Crippen molar-refractivity contribution >= 4 is 0 Å². The molecule has 0 aromatic heterocycles. The lowest BCUT2D eigenvalue weighted by Crippen LogP contribution is -2.45. The van der Waals surface area contributed by atoms with Crippen molar-refractivity contribution in [3.8, 4) is 0 Å². The molecule has 1 aliphatic heterocycles. The summed E-state index contributed by atoms with van der Waals surface area (Å²) in [5, 5.41) is 0. The summed E-state index contributed by atoms with van der Waals surface area (Å²) in [5.41, 5.74) is 1.37. The summed E-state index contributed by atoms with van der Waals surface area (Å²) < 4.78 is 0. The van der Waals surface area contributed by atoms with E-state index in [1.807, 2.05) is 0 Å². The van der Waals surface area contributed by atoms with Crippen LogP contribution in [-0.2, 0) is 0 Å². The van der Waals surface area contributed by atoms with Crippen LogP contribution in [0.15, 0.2) is 0 Å². The van der Waals surface area contributed by atoms with Crippen LogP contribution >= 0.6 is 0 Å². The maximum absolute atomic E-state index is 2.53. The zero-order valence-corrected chi connectivity index (χ0v) is 12.9. The van der Waals surface area contributed by atoms with Gasteiger partial charge in [0, 0.05) is 13.1 Å². The van der Waals surface area contributed by atoms with Gasteiger partial charge in [0.25, 0.3) is 0 Å². The van der Waals surface area contributed by atoms with Gasteiger partial charge in [-0.1, -0.05) is 41.5 Å². The molecule has 2 aliphatic rings. The van der Waals surface area contributed by atoms with Crippen molar-refractivity contribution in [2.24, 2.45) is 28.1 Å². The fourth-order valence-corrected chi connectivity index (χ4v) is 4.96. The van der Waals surface area contributed by atoms with E-state index >= 15 is 0 Å². The SMILES string of the molecule is CN1CC2CC(C(C)(C)C)(C(C)(C)C)CC2C1. The first-order chi connectivity index (χ1) is 7.57. The number of fused-ring (bicyclic) bond motifs is 1. The first-order valence-electron chi connectivity index (χ1n) is 7.25. The van der Waals surface area contributed by atoms with Gasteiger partial charge in [-0.2, -0.15) is 0 Å². The van der Waals surface area contributed by atoms with Crippen LogP contribution in [0, 0.1) is 28.1 Å². The highest BCUT2D eigenvalue weighted by atomic mass is 15.1. The molecule has 17 heavy (non-hydrogen) atoms. The van der Waals surface area contributed by atoms with Crippen LogP contribution in [0.2, 0.25) is 0 Å². The van der Waals surface area contributed by atoms with Crippen molar-refractivity contribution in [1.82, 2.24) is 4.90 Å². The van der Waals surface area contributed by atoms with Crippen molar-refractivity contribution < 1.29 is 0 Å².